The number of alkyl halides is 4. The molecule has 1 rings (SSSR count). The van der Waals surface area contributed by atoms with Crippen LogP contribution >= 0.6 is 12.2 Å². The van der Waals surface area contributed by atoms with Gasteiger partial charge in [0.15, 0.2) is 11.7 Å². The lowest BCUT2D eigenvalue weighted by Crippen LogP contribution is -2.34. The van der Waals surface area contributed by atoms with Gasteiger partial charge in [0.2, 0.25) is 0 Å². The largest absolute Gasteiger partial charge is 0.487 e. The van der Waals surface area contributed by atoms with Gasteiger partial charge in [0.1, 0.15) is 5.75 Å². The fraction of sp³-hybridized carbons (Fsp3) is 0.300. The predicted octanol–water partition coefficient (Wildman–Crippen LogP) is 2.13. The van der Waals surface area contributed by atoms with E-state index in [0.29, 0.717) is 5.69 Å². The first-order valence-electron chi connectivity index (χ1n) is 5.01. The van der Waals surface area contributed by atoms with Crippen molar-refractivity contribution in [1.82, 2.24) is 5.43 Å². The van der Waals surface area contributed by atoms with Gasteiger partial charge in [-0.3, -0.25) is 10.9 Å². The molecule has 0 bridgehead atoms. The highest BCUT2D eigenvalue weighted by molar-refractivity contribution is 7.80. The number of hydrogen-bond donors (Lipinski definition) is 3. The van der Waals surface area contributed by atoms with Gasteiger partial charge < -0.3 is 10.5 Å². The van der Waals surface area contributed by atoms with Gasteiger partial charge in [-0.15, -0.1) is 0 Å². The second-order valence-corrected chi connectivity index (χ2v) is 3.93. The summed E-state index contributed by atoms with van der Waals surface area (Å²) in [6.07, 6.45) is -3.76. The number of anilines is 1. The van der Waals surface area contributed by atoms with E-state index < -0.39 is 19.0 Å². The topological polar surface area (TPSA) is 59.3 Å². The van der Waals surface area contributed by atoms with Gasteiger partial charge in [-0.2, -0.15) is 8.78 Å². The fourth-order valence-corrected chi connectivity index (χ4v) is 1.06. The van der Waals surface area contributed by atoms with Crippen molar-refractivity contribution in [1.29, 1.82) is 0 Å². The van der Waals surface area contributed by atoms with E-state index in [2.05, 4.69) is 27.8 Å². The van der Waals surface area contributed by atoms with Gasteiger partial charge in [0, 0.05) is 0 Å². The highest BCUT2D eigenvalue weighted by Gasteiger charge is 2.41. The molecule has 0 amide bonds. The molecule has 1 aromatic rings. The lowest BCUT2D eigenvalue weighted by molar-refractivity contribution is -0.148. The van der Waals surface area contributed by atoms with Gasteiger partial charge >= 0.3 is 12.3 Å². The average Bonchev–Trinajstić information content (AvgIpc) is 2.35. The number of rotatable bonds is 6. The van der Waals surface area contributed by atoms with E-state index >= 15 is 0 Å². The van der Waals surface area contributed by atoms with E-state index in [-0.39, 0.29) is 10.9 Å². The van der Waals surface area contributed by atoms with Crippen LogP contribution in [-0.4, -0.2) is 24.1 Å². The Hall–Kier alpha value is -1.77. The summed E-state index contributed by atoms with van der Waals surface area (Å²) in [4.78, 5) is 0. The van der Waals surface area contributed by atoms with E-state index in [9.17, 15) is 17.6 Å². The normalized spacial score (nSPS) is 11.2. The summed E-state index contributed by atoms with van der Waals surface area (Å²) >= 11 is 4.55. The molecule has 0 aliphatic heterocycles. The minimum Gasteiger partial charge on any atom is -0.487 e. The third kappa shape index (κ3) is 5.16. The molecule has 1 aromatic carbocycles. The lowest BCUT2D eigenvalue weighted by atomic mass is 10.3. The number of ether oxygens (including phenoxy) is 1. The highest BCUT2D eigenvalue weighted by atomic mass is 32.1. The second kappa shape index (κ2) is 6.41. The minimum atomic E-state index is -4.18. The first-order valence-corrected chi connectivity index (χ1v) is 5.42. The minimum absolute atomic E-state index is 0.0249. The summed E-state index contributed by atoms with van der Waals surface area (Å²) in [6, 6.07) is 5.62. The van der Waals surface area contributed by atoms with Crippen molar-refractivity contribution in [3.63, 3.8) is 0 Å². The Morgan fingerprint density at radius 1 is 1.32 bits per heavy atom. The molecule has 0 radical (unpaired) electrons. The number of hydrogen-bond acceptors (Lipinski definition) is 3. The van der Waals surface area contributed by atoms with Crippen molar-refractivity contribution >= 4 is 23.0 Å². The standard InChI is InChI=1S/C10H11F4N3OS/c11-8(12)10(13,14)5-18-7-3-1-6(2-4-7)16-17-9(15)19/h1-4,8,16H,5H2,(H3,15,17,19). The van der Waals surface area contributed by atoms with Crippen LogP contribution in [0.3, 0.4) is 0 Å². The van der Waals surface area contributed by atoms with Crippen LogP contribution in [-0.2, 0) is 0 Å². The number of nitrogens with two attached hydrogens (primary N) is 1. The van der Waals surface area contributed by atoms with Crippen molar-refractivity contribution in [2.75, 3.05) is 12.0 Å². The van der Waals surface area contributed by atoms with E-state index in [0.717, 1.165) is 0 Å². The number of halogens is 4. The molecule has 0 spiro atoms. The number of thiocarbonyl (C=S) groups is 1. The zero-order valence-corrected chi connectivity index (χ0v) is 10.3. The van der Waals surface area contributed by atoms with Crippen LogP contribution in [0.2, 0.25) is 0 Å². The zero-order valence-electron chi connectivity index (χ0n) is 9.50. The zero-order chi connectivity index (χ0) is 14.5. The predicted molar refractivity (Wildman–Crippen MR) is 66.4 cm³/mol. The molecule has 4 nitrogen and oxygen atoms in total. The first-order chi connectivity index (χ1) is 8.81. The molecule has 4 N–H and O–H groups in total. The number of nitrogens with one attached hydrogen (secondary N) is 2. The molecule has 106 valence electrons. The Labute approximate surface area is 111 Å². The van der Waals surface area contributed by atoms with E-state index in [4.69, 9.17) is 5.73 Å². The molecule has 0 fully saturated rings. The number of benzene rings is 1. The molecule has 0 heterocycles. The smallest absolute Gasteiger partial charge is 0.340 e. The van der Waals surface area contributed by atoms with Crippen LogP contribution in [0.5, 0.6) is 5.75 Å². The Kier molecular flexibility index (Phi) is 5.16. The fourth-order valence-electron chi connectivity index (χ4n) is 1.01. The van der Waals surface area contributed by atoms with Crippen molar-refractivity contribution in [2.45, 2.75) is 12.3 Å². The molecule has 0 aromatic heterocycles. The monoisotopic (exact) mass is 297 g/mol. The summed E-state index contributed by atoms with van der Waals surface area (Å²) in [5, 5.41) is 0.0249. The van der Waals surface area contributed by atoms with Gasteiger partial charge in [0.05, 0.1) is 5.69 Å². The number of hydrazine groups is 1. The quantitative estimate of drug-likeness (QED) is 0.426. The Balaban J connectivity index is 2.51. The maximum Gasteiger partial charge on any atom is 0.340 e. The van der Waals surface area contributed by atoms with Crippen molar-refractivity contribution < 1.29 is 22.3 Å². The maximum absolute atomic E-state index is 12.6. The summed E-state index contributed by atoms with van der Waals surface area (Å²) < 4.78 is 53.5. The van der Waals surface area contributed by atoms with Gasteiger partial charge in [0.25, 0.3) is 0 Å². The first kappa shape index (κ1) is 15.3. The molecule has 0 atom stereocenters. The summed E-state index contributed by atoms with van der Waals surface area (Å²) in [5.74, 6) is -4.13. The molecule has 0 saturated heterocycles. The molecule has 0 aliphatic rings. The van der Waals surface area contributed by atoms with Crippen molar-refractivity contribution in [2.24, 2.45) is 5.73 Å². The SMILES string of the molecule is NC(=S)NNc1ccc(OCC(F)(F)C(F)F)cc1. The lowest BCUT2D eigenvalue weighted by Gasteiger charge is -2.16. The molecule has 19 heavy (non-hydrogen) atoms. The van der Waals surface area contributed by atoms with Crippen LogP contribution in [0.15, 0.2) is 24.3 Å². The summed E-state index contributed by atoms with van der Waals surface area (Å²) in [6.45, 7) is -1.39. The van der Waals surface area contributed by atoms with E-state index in [1.165, 1.54) is 24.3 Å². The Morgan fingerprint density at radius 3 is 2.37 bits per heavy atom. The van der Waals surface area contributed by atoms with Crippen molar-refractivity contribution in [3.05, 3.63) is 24.3 Å². The van der Waals surface area contributed by atoms with Crippen LogP contribution in [0.1, 0.15) is 0 Å². The molecule has 0 saturated carbocycles. The summed E-state index contributed by atoms with van der Waals surface area (Å²) in [5.41, 5.74) is 10.8. The molecule has 9 heteroatoms. The molecule has 0 aliphatic carbocycles. The molecular weight excluding hydrogens is 286 g/mol. The van der Waals surface area contributed by atoms with Crippen LogP contribution < -0.4 is 21.3 Å². The van der Waals surface area contributed by atoms with E-state index in [1.807, 2.05) is 0 Å². The Bertz CT molecular complexity index is 427. The Morgan fingerprint density at radius 2 is 1.89 bits per heavy atom. The summed E-state index contributed by atoms with van der Waals surface area (Å²) in [7, 11) is 0. The second-order valence-electron chi connectivity index (χ2n) is 3.49. The molecule has 0 unspecified atom stereocenters. The van der Waals surface area contributed by atoms with Crippen LogP contribution in [0.25, 0.3) is 0 Å². The third-order valence-corrected chi connectivity index (χ3v) is 2.04. The highest BCUT2D eigenvalue weighted by Crippen LogP contribution is 2.24. The van der Waals surface area contributed by atoms with Gasteiger partial charge in [-0.25, -0.2) is 8.78 Å². The van der Waals surface area contributed by atoms with Gasteiger partial charge in [-0.05, 0) is 36.5 Å². The van der Waals surface area contributed by atoms with Crippen LogP contribution in [0, 0.1) is 0 Å². The van der Waals surface area contributed by atoms with Crippen molar-refractivity contribution in [3.8, 4) is 5.75 Å². The average molecular weight is 297 g/mol. The molecular formula is C10H11F4N3OS. The van der Waals surface area contributed by atoms with Crippen LogP contribution in [0.4, 0.5) is 23.2 Å². The van der Waals surface area contributed by atoms with Gasteiger partial charge in [-0.1, -0.05) is 0 Å². The van der Waals surface area contributed by atoms with E-state index in [1.54, 1.807) is 0 Å². The third-order valence-electron chi connectivity index (χ3n) is 1.93. The maximum atomic E-state index is 12.6.